The van der Waals surface area contributed by atoms with Crippen molar-refractivity contribution in [2.75, 3.05) is 18.1 Å². The lowest BCUT2D eigenvalue weighted by Crippen LogP contribution is -2.47. The molecule has 0 aliphatic carbocycles. The summed E-state index contributed by atoms with van der Waals surface area (Å²) < 4.78 is 23.0. The molecule has 1 unspecified atom stereocenters. The second kappa shape index (κ2) is 6.22. The van der Waals surface area contributed by atoms with E-state index < -0.39 is 15.4 Å². The van der Waals surface area contributed by atoms with Crippen LogP contribution in [0, 0.1) is 11.8 Å². The van der Waals surface area contributed by atoms with Gasteiger partial charge < -0.3 is 11.1 Å². The molecule has 1 fully saturated rings. The predicted octanol–water partition coefficient (Wildman–Crippen LogP) is 0.691. The monoisotopic (exact) mass is 290 g/mol. The number of carbonyl (C=O) groups excluding carboxylic acids is 1. The van der Waals surface area contributed by atoms with E-state index in [1.165, 1.54) is 0 Å². The molecule has 1 saturated heterocycles. The molecule has 0 radical (unpaired) electrons. The highest BCUT2D eigenvalue weighted by atomic mass is 32.2. The second-order valence-corrected chi connectivity index (χ2v) is 8.57. The Morgan fingerprint density at radius 3 is 2.47 bits per heavy atom. The smallest absolute Gasteiger partial charge is 0.220 e. The third kappa shape index (κ3) is 5.48. The van der Waals surface area contributed by atoms with Gasteiger partial charge in [0.25, 0.3) is 0 Å². The van der Waals surface area contributed by atoms with E-state index in [0.29, 0.717) is 25.3 Å². The maximum absolute atomic E-state index is 12.0. The molecule has 19 heavy (non-hydrogen) atoms. The normalized spacial score (nSPS) is 27.4. The third-order valence-corrected chi connectivity index (χ3v) is 5.46. The fourth-order valence-electron chi connectivity index (χ4n) is 2.69. The molecule has 0 bridgehead atoms. The Balaban J connectivity index is 2.51. The summed E-state index contributed by atoms with van der Waals surface area (Å²) in [7, 11) is -2.99. The van der Waals surface area contributed by atoms with Gasteiger partial charge in [-0.05, 0) is 38.1 Å². The topological polar surface area (TPSA) is 89.3 Å². The van der Waals surface area contributed by atoms with E-state index >= 15 is 0 Å². The van der Waals surface area contributed by atoms with Crippen molar-refractivity contribution in [3.63, 3.8) is 0 Å². The summed E-state index contributed by atoms with van der Waals surface area (Å²) in [6.45, 7) is 6.49. The van der Waals surface area contributed by atoms with Gasteiger partial charge in [-0.3, -0.25) is 4.79 Å². The Hall–Kier alpha value is -0.620. The quantitative estimate of drug-likeness (QED) is 0.753. The standard InChI is InChI=1S/C13H26N2O3S/c1-10(2)6-11(8-14)7-12(16)15-13(3)4-5-19(17,18)9-13/h10-11H,4-9,14H2,1-3H3,(H,15,16)/t11-,13?/m0/s1. The van der Waals surface area contributed by atoms with Crippen molar-refractivity contribution in [1.29, 1.82) is 0 Å². The molecular weight excluding hydrogens is 264 g/mol. The highest BCUT2D eigenvalue weighted by Gasteiger charge is 2.39. The third-order valence-electron chi connectivity index (χ3n) is 3.56. The minimum Gasteiger partial charge on any atom is -0.350 e. The van der Waals surface area contributed by atoms with Crippen molar-refractivity contribution >= 4 is 15.7 Å². The van der Waals surface area contributed by atoms with Crippen LogP contribution in [0.3, 0.4) is 0 Å². The maximum atomic E-state index is 12.0. The van der Waals surface area contributed by atoms with Crippen molar-refractivity contribution < 1.29 is 13.2 Å². The van der Waals surface area contributed by atoms with Crippen LogP contribution in [-0.4, -0.2) is 37.9 Å². The molecule has 1 amide bonds. The molecule has 112 valence electrons. The molecular formula is C13H26N2O3S. The number of nitrogens with two attached hydrogens (primary N) is 1. The molecule has 1 aliphatic rings. The number of hydrogen-bond acceptors (Lipinski definition) is 4. The molecule has 0 spiro atoms. The molecule has 6 heteroatoms. The van der Waals surface area contributed by atoms with Gasteiger partial charge in [0.15, 0.2) is 9.84 Å². The molecule has 0 saturated carbocycles. The van der Waals surface area contributed by atoms with Gasteiger partial charge in [0.05, 0.1) is 17.0 Å². The van der Waals surface area contributed by atoms with E-state index in [1.54, 1.807) is 6.92 Å². The van der Waals surface area contributed by atoms with Gasteiger partial charge in [0.2, 0.25) is 5.91 Å². The first-order valence-corrected chi connectivity index (χ1v) is 8.69. The molecule has 1 aliphatic heterocycles. The zero-order valence-electron chi connectivity index (χ0n) is 12.1. The molecule has 1 rings (SSSR count). The summed E-state index contributed by atoms with van der Waals surface area (Å²) in [4.78, 5) is 12.0. The molecule has 2 atom stereocenters. The number of carbonyl (C=O) groups is 1. The van der Waals surface area contributed by atoms with Crippen LogP contribution >= 0.6 is 0 Å². The fourth-order valence-corrected chi connectivity index (χ4v) is 4.78. The largest absolute Gasteiger partial charge is 0.350 e. The Kier molecular flexibility index (Phi) is 5.38. The molecule has 0 aromatic carbocycles. The van der Waals surface area contributed by atoms with Crippen LogP contribution in [-0.2, 0) is 14.6 Å². The van der Waals surface area contributed by atoms with E-state index in [-0.39, 0.29) is 23.3 Å². The highest BCUT2D eigenvalue weighted by Crippen LogP contribution is 2.23. The van der Waals surface area contributed by atoms with Gasteiger partial charge in [0.1, 0.15) is 0 Å². The summed E-state index contributed by atoms with van der Waals surface area (Å²) in [5.41, 5.74) is 5.07. The lowest BCUT2D eigenvalue weighted by atomic mass is 9.93. The first kappa shape index (κ1) is 16.4. The average Bonchev–Trinajstić information content (AvgIpc) is 2.50. The van der Waals surface area contributed by atoms with Crippen LogP contribution in [0.15, 0.2) is 0 Å². The van der Waals surface area contributed by atoms with Crippen LogP contribution in [0.4, 0.5) is 0 Å². The second-order valence-electron chi connectivity index (χ2n) is 6.39. The van der Waals surface area contributed by atoms with Gasteiger partial charge in [0, 0.05) is 6.42 Å². The van der Waals surface area contributed by atoms with Crippen LogP contribution in [0.2, 0.25) is 0 Å². The molecule has 1 heterocycles. The summed E-state index contributed by atoms with van der Waals surface area (Å²) in [6.07, 6.45) is 1.79. The number of hydrogen-bond donors (Lipinski definition) is 2. The van der Waals surface area contributed by atoms with Crippen LogP contribution in [0.1, 0.15) is 40.0 Å². The van der Waals surface area contributed by atoms with Gasteiger partial charge in [-0.15, -0.1) is 0 Å². The molecule has 3 N–H and O–H groups in total. The zero-order valence-corrected chi connectivity index (χ0v) is 12.9. The predicted molar refractivity (Wildman–Crippen MR) is 76.4 cm³/mol. The van der Waals surface area contributed by atoms with Crippen LogP contribution in [0.5, 0.6) is 0 Å². The van der Waals surface area contributed by atoms with Crippen molar-refractivity contribution in [2.45, 2.75) is 45.6 Å². The van der Waals surface area contributed by atoms with Crippen molar-refractivity contribution in [3.05, 3.63) is 0 Å². The van der Waals surface area contributed by atoms with E-state index in [0.717, 1.165) is 6.42 Å². The Bertz CT molecular complexity index is 420. The summed E-state index contributed by atoms with van der Waals surface area (Å²) in [5.74, 6) is 0.792. The number of nitrogens with one attached hydrogen (secondary N) is 1. The highest BCUT2D eigenvalue weighted by molar-refractivity contribution is 7.91. The summed E-state index contributed by atoms with van der Waals surface area (Å²) in [6, 6.07) is 0. The molecule has 0 aromatic heterocycles. The summed E-state index contributed by atoms with van der Waals surface area (Å²) in [5, 5.41) is 2.88. The summed E-state index contributed by atoms with van der Waals surface area (Å²) >= 11 is 0. The zero-order chi connectivity index (χ0) is 14.7. The SMILES string of the molecule is CC(C)C[C@H](CN)CC(=O)NC1(C)CCS(=O)(=O)C1. The Labute approximate surface area is 116 Å². The first-order chi connectivity index (χ1) is 8.66. The molecule has 0 aromatic rings. The number of amides is 1. The van der Waals surface area contributed by atoms with Gasteiger partial charge in [-0.1, -0.05) is 13.8 Å². The van der Waals surface area contributed by atoms with Crippen molar-refractivity contribution in [2.24, 2.45) is 17.6 Å². The maximum Gasteiger partial charge on any atom is 0.220 e. The van der Waals surface area contributed by atoms with E-state index in [9.17, 15) is 13.2 Å². The first-order valence-electron chi connectivity index (χ1n) is 6.87. The van der Waals surface area contributed by atoms with Crippen molar-refractivity contribution in [1.82, 2.24) is 5.32 Å². The van der Waals surface area contributed by atoms with E-state index in [1.807, 2.05) is 0 Å². The van der Waals surface area contributed by atoms with Gasteiger partial charge >= 0.3 is 0 Å². The van der Waals surface area contributed by atoms with Gasteiger partial charge in [-0.2, -0.15) is 0 Å². The Morgan fingerprint density at radius 2 is 2.05 bits per heavy atom. The molecule has 5 nitrogen and oxygen atoms in total. The lowest BCUT2D eigenvalue weighted by Gasteiger charge is -2.25. The van der Waals surface area contributed by atoms with E-state index in [2.05, 4.69) is 19.2 Å². The Morgan fingerprint density at radius 1 is 1.42 bits per heavy atom. The van der Waals surface area contributed by atoms with Crippen LogP contribution in [0.25, 0.3) is 0 Å². The number of rotatable bonds is 6. The fraction of sp³-hybridized carbons (Fsp3) is 0.923. The lowest BCUT2D eigenvalue weighted by molar-refractivity contribution is -0.123. The minimum atomic E-state index is -2.99. The minimum absolute atomic E-state index is 0.0449. The van der Waals surface area contributed by atoms with E-state index in [4.69, 9.17) is 5.73 Å². The van der Waals surface area contributed by atoms with Crippen LogP contribution < -0.4 is 11.1 Å². The van der Waals surface area contributed by atoms with Gasteiger partial charge in [-0.25, -0.2) is 8.42 Å². The number of sulfone groups is 1. The van der Waals surface area contributed by atoms with Crippen molar-refractivity contribution in [3.8, 4) is 0 Å². The average molecular weight is 290 g/mol.